The number of nitrogens with zero attached hydrogens (tertiary/aromatic N) is 3. The molecule has 6 nitrogen and oxygen atoms in total. The van der Waals surface area contributed by atoms with Gasteiger partial charge >= 0.3 is 5.69 Å². The third kappa shape index (κ3) is 3.66. The molecule has 0 saturated heterocycles. The lowest BCUT2D eigenvalue weighted by Crippen LogP contribution is -2.40. The summed E-state index contributed by atoms with van der Waals surface area (Å²) in [5, 5.41) is 8.97. The van der Waals surface area contributed by atoms with Gasteiger partial charge in [-0.25, -0.2) is 9.18 Å². The fourth-order valence-electron chi connectivity index (χ4n) is 2.33. The van der Waals surface area contributed by atoms with Crippen molar-refractivity contribution in [3.05, 3.63) is 68.2 Å². The van der Waals surface area contributed by atoms with Gasteiger partial charge in [-0.3, -0.25) is 18.7 Å². The number of aromatic nitrogens is 2. The highest BCUT2D eigenvalue weighted by Gasteiger charge is 2.12. The summed E-state index contributed by atoms with van der Waals surface area (Å²) in [6.45, 7) is 2.11. The molecule has 0 atom stereocenters. The molecule has 0 amide bonds. The van der Waals surface area contributed by atoms with Gasteiger partial charge in [-0.1, -0.05) is 0 Å². The van der Waals surface area contributed by atoms with Crippen molar-refractivity contribution < 1.29 is 9.18 Å². The molecule has 0 radical (unpaired) electrons. The number of Topliss-reactive ketones (excluding diaryl/α,β-unsaturated/α-hetero) is 1. The number of hydrogen-bond acceptors (Lipinski definition) is 4. The molecule has 124 valence electrons. The molecule has 0 fully saturated rings. The molecule has 7 heteroatoms. The van der Waals surface area contributed by atoms with Gasteiger partial charge in [0.1, 0.15) is 17.4 Å². The molecule has 0 aliphatic rings. The minimum Gasteiger partial charge on any atom is -0.299 e. The van der Waals surface area contributed by atoms with Crippen LogP contribution in [-0.2, 0) is 13.1 Å². The SMILES string of the molecule is CCn1cc(C#N)c(=O)n(CCCC(=O)c2ccc(F)cc2)c1=O. The molecule has 2 aromatic rings. The Hall–Kier alpha value is -3.01. The second kappa shape index (κ2) is 7.51. The number of aryl methyl sites for hydroxylation is 1. The van der Waals surface area contributed by atoms with E-state index < -0.39 is 17.1 Å². The number of carbonyl (C=O) groups excluding carboxylic acids is 1. The van der Waals surface area contributed by atoms with Gasteiger partial charge in [0.25, 0.3) is 5.56 Å². The highest BCUT2D eigenvalue weighted by atomic mass is 19.1. The molecule has 1 aromatic heterocycles. The minimum absolute atomic E-state index is 0.0418. The number of halogens is 1. The van der Waals surface area contributed by atoms with E-state index in [2.05, 4.69) is 0 Å². The average Bonchev–Trinajstić information content (AvgIpc) is 2.58. The van der Waals surface area contributed by atoms with Crippen LogP contribution in [0.2, 0.25) is 0 Å². The van der Waals surface area contributed by atoms with Gasteiger partial charge in [0, 0.05) is 31.3 Å². The van der Waals surface area contributed by atoms with Crippen LogP contribution in [0.4, 0.5) is 4.39 Å². The van der Waals surface area contributed by atoms with Crippen molar-refractivity contribution in [1.82, 2.24) is 9.13 Å². The van der Waals surface area contributed by atoms with E-state index in [9.17, 15) is 18.8 Å². The predicted octanol–water partition coefficient (Wildman–Crippen LogP) is 1.70. The number of rotatable bonds is 6. The second-order valence-electron chi connectivity index (χ2n) is 5.21. The first kappa shape index (κ1) is 17.3. The molecule has 0 saturated carbocycles. The molecule has 1 aromatic carbocycles. The van der Waals surface area contributed by atoms with Crippen LogP contribution in [0.15, 0.2) is 40.1 Å². The molecule has 0 N–H and O–H groups in total. The number of benzene rings is 1. The zero-order valence-electron chi connectivity index (χ0n) is 13.2. The fourth-order valence-corrected chi connectivity index (χ4v) is 2.33. The zero-order valence-corrected chi connectivity index (χ0v) is 13.2. The molecule has 24 heavy (non-hydrogen) atoms. The first-order chi connectivity index (χ1) is 11.5. The van der Waals surface area contributed by atoms with Crippen molar-refractivity contribution in [3.63, 3.8) is 0 Å². The summed E-state index contributed by atoms with van der Waals surface area (Å²) in [6, 6.07) is 6.96. The lowest BCUT2D eigenvalue weighted by molar-refractivity contribution is 0.0978. The Balaban J connectivity index is 2.14. The first-order valence-corrected chi connectivity index (χ1v) is 7.51. The van der Waals surface area contributed by atoms with Crippen LogP contribution in [0.5, 0.6) is 0 Å². The average molecular weight is 329 g/mol. The maximum absolute atomic E-state index is 12.8. The van der Waals surface area contributed by atoms with E-state index in [4.69, 9.17) is 5.26 Å². The van der Waals surface area contributed by atoms with Crippen molar-refractivity contribution in [2.24, 2.45) is 0 Å². The normalized spacial score (nSPS) is 10.4. The van der Waals surface area contributed by atoms with E-state index in [1.807, 2.05) is 0 Å². The van der Waals surface area contributed by atoms with Gasteiger partial charge in [-0.2, -0.15) is 5.26 Å². The summed E-state index contributed by atoms with van der Waals surface area (Å²) >= 11 is 0. The maximum atomic E-state index is 12.8. The van der Waals surface area contributed by atoms with Crippen LogP contribution in [0.25, 0.3) is 0 Å². The van der Waals surface area contributed by atoms with Gasteiger partial charge in [0.05, 0.1) is 0 Å². The molecule has 0 aliphatic heterocycles. The number of nitriles is 1. The third-order valence-corrected chi connectivity index (χ3v) is 3.65. The van der Waals surface area contributed by atoms with Gasteiger partial charge in [0.2, 0.25) is 0 Å². The summed E-state index contributed by atoms with van der Waals surface area (Å²) < 4.78 is 15.1. The minimum atomic E-state index is -0.651. The Morgan fingerprint density at radius 1 is 1.25 bits per heavy atom. The molecular weight excluding hydrogens is 313 g/mol. The van der Waals surface area contributed by atoms with E-state index in [-0.39, 0.29) is 30.7 Å². The predicted molar refractivity (Wildman–Crippen MR) is 85.3 cm³/mol. The van der Waals surface area contributed by atoms with E-state index >= 15 is 0 Å². The van der Waals surface area contributed by atoms with E-state index in [1.54, 1.807) is 13.0 Å². The summed E-state index contributed by atoms with van der Waals surface area (Å²) in [4.78, 5) is 36.3. The quantitative estimate of drug-likeness (QED) is 0.755. The molecule has 0 spiro atoms. The first-order valence-electron chi connectivity index (χ1n) is 7.51. The Labute approximate surface area is 137 Å². The standard InChI is InChI=1S/C17H16FN3O3/c1-2-20-11-13(10-19)16(23)21(17(20)24)9-3-4-15(22)12-5-7-14(18)8-6-12/h5-8,11H,2-4,9H2,1H3. The van der Waals surface area contributed by atoms with Crippen molar-refractivity contribution in [2.45, 2.75) is 32.9 Å². The Kier molecular flexibility index (Phi) is 5.42. The molecule has 2 rings (SSSR count). The molecule has 0 bridgehead atoms. The van der Waals surface area contributed by atoms with Crippen LogP contribution in [0, 0.1) is 17.1 Å². The van der Waals surface area contributed by atoms with Crippen LogP contribution in [-0.4, -0.2) is 14.9 Å². The van der Waals surface area contributed by atoms with Crippen LogP contribution in [0.3, 0.4) is 0 Å². The van der Waals surface area contributed by atoms with E-state index in [0.717, 1.165) is 4.57 Å². The molecule has 0 unspecified atom stereocenters. The van der Waals surface area contributed by atoms with Crippen LogP contribution in [0.1, 0.15) is 35.7 Å². The summed E-state index contributed by atoms with van der Waals surface area (Å²) in [5.41, 5.74) is -0.890. The van der Waals surface area contributed by atoms with Gasteiger partial charge in [-0.05, 0) is 37.6 Å². The fraction of sp³-hybridized carbons (Fsp3) is 0.294. The van der Waals surface area contributed by atoms with Crippen molar-refractivity contribution in [3.8, 4) is 6.07 Å². The van der Waals surface area contributed by atoms with Crippen molar-refractivity contribution >= 4 is 5.78 Å². The second-order valence-corrected chi connectivity index (χ2v) is 5.21. The molecule has 0 aliphatic carbocycles. The van der Waals surface area contributed by atoms with Gasteiger partial charge in [0.15, 0.2) is 5.78 Å². The summed E-state index contributed by atoms with van der Waals surface area (Å²) in [7, 11) is 0. The summed E-state index contributed by atoms with van der Waals surface area (Å²) in [6.07, 6.45) is 1.62. The smallest absolute Gasteiger partial charge is 0.299 e. The molecule has 1 heterocycles. The largest absolute Gasteiger partial charge is 0.331 e. The zero-order chi connectivity index (χ0) is 17.7. The van der Waals surface area contributed by atoms with Crippen LogP contribution < -0.4 is 11.2 Å². The number of hydrogen-bond donors (Lipinski definition) is 0. The Morgan fingerprint density at radius 3 is 2.50 bits per heavy atom. The number of ketones is 1. The summed E-state index contributed by atoms with van der Waals surface area (Å²) in [5.74, 6) is -0.623. The number of carbonyl (C=O) groups is 1. The Morgan fingerprint density at radius 2 is 1.92 bits per heavy atom. The lowest BCUT2D eigenvalue weighted by atomic mass is 10.1. The van der Waals surface area contributed by atoms with E-state index in [0.29, 0.717) is 12.1 Å². The highest BCUT2D eigenvalue weighted by Crippen LogP contribution is 2.07. The van der Waals surface area contributed by atoms with Gasteiger partial charge < -0.3 is 0 Å². The van der Waals surface area contributed by atoms with E-state index in [1.165, 1.54) is 35.0 Å². The highest BCUT2D eigenvalue weighted by molar-refractivity contribution is 5.95. The van der Waals surface area contributed by atoms with Crippen molar-refractivity contribution in [2.75, 3.05) is 0 Å². The third-order valence-electron chi connectivity index (χ3n) is 3.65. The van der Waals surface area contributed by atoms with Crippen LogP contribution >= 0.6 is 0 Å². The van der Waals surface area contributed by atoms with Crippen molar-refractivity contribution in [1.29, 1.82) is 5.26 Å². The monoisotopic (exact) mass is 329 g/mol. The lowest BCUT2D eigenvalue weighted by Gasteiger charge is -2.09. The maximum Gasteiger partial charge on any atom is 0.331 e. The Bertz CT molecular complexity index is 905. The topological polar surface area (TPSA) is 84.9 Å². The van der Waals surface area contributed by atoms with Gasteiger partial charge in [-0.15, -0.1) is 0 Å². The molecular formula is C17H16FN3O3.